The Balaban J connectivity index is 1.84. The molecule has 1 aliphatic rings. The fourth-order valence-electron chi connectivity index (χ4n) is 2.08. The minimum Gasteiger partial charge on any atom is -0.355 e. The Morgan fingerprint density at radius 3 is 2.56 bits per heavy atom. The van der Waals surface area contributed by atoms with E-state index in [0.29, 0.717) is 6.04 Å². The zero-order chi connectivity index (χ0) is 12.8. The third kappa shape index (κ3) is 3.75. The maximum atomic E-state index is 11.4. The number of carbonyl (C=O) groups excluding carboxylic acids is 1. The fourth-order valence-corrected chi connectivity index (χ4v) is 3.19. The minimum atomic E-state index is -0.0289. The molecule has 0 bridgehead atoms. The predicted molar refractivity (Wildman–Crippen MR) is 77.0 cm³/mol. The van der Waals surface area contributed by atoms with Crippen molar-refractivity contribution in [3.63, 3.8) is 0 Å². The highest BCUT2D eigenvalue weighted by atomic mass is 32.2. The van der Waals surface area contributed by atoms with Crippen molar-refractivity contribution in [1.29, 1.82) is 0 Å². The average molecular weight is 264 g/mol. The summed E-state index contributed by atoms with van der Waals surface area (Å²) in [5.74, 6) is 2.51. The number of hydrogen-bond donors (Lipinski definition) is 2. The van der Waals surface area contributed by atoms with E-state index in [1.807, 2.05) is 36.0 Å². The fraction of sp³-hybridized carbons (Fsp3) is 0.500. The van der Waals surface area contributed by atoms with Crippen molar-refractivity contribution in [2.75, 3.05) is 18.6 Å². The van der Waals surface area contributed by atoms with Crippen LogP contribution in [-0.4, -0.2) is 30.5 Å². The van der Waals surface area contributed by atoms with Crippen LogP contribution in [0.5, 0.6) is 0 Å². The Labute approximate surface area is 113 Å². The number of hydrogen-bond acceptors (Lipinski definition) is 3. The topological polar surface area (TPSA) is 41.1 Å². The van der Waals surface area contributed by atoms with Gasteiger partial charge in [-0.3, -0.25) is 4.79 Å². The number of amides is 1. The lowest BCUT2D eigenvalue weighted by molar-refractivity contribution is 0.0963. The first kappa shape index (κ1) is 13.4. The molecule has 4 heteroatoms. The lowest BCUT2D eigenvalue weighted by atomic mass is 10.1. The van der Waals surface area contributed by atoms with E-state index < -0.39 is 0 Å². The van der Waals surface area contributed by atoms with Gasteiger partial charge in [-0.2, -0.15) is 11.8 Å². The second-order valence-electron chi connectivity index (χ2n) is 4.54. The van der Waals surface area contributed by atoms with Crippen LogP contribution in [0.1, 0.15) is 28.8 Å². The largest absolute Gasteiger partial charge is 0.355 e. The molecule has 1 aliphatic heterocycles. The third-order valence-electron chi connectivity index (χ3n) is 3.26. The standard InChI is InChI=1S/C14H20N2OS/c1-15-14(17)12-4-2-11(3-5-12)10-16-13-6-8-18-9-7-13/h2-5,13,16H,6-10H2,1H3,(H,15,17). The zero-order valence-electron chi connectivity index (χ0n) is 10.7. The smallest absolute Gasteiger partial charge is 0.251 e. The van der Waals surface area contributed by atoms with Gasteiger partial charge < -0.3 is 10.6 Å². The molecule has 0 aliphatic carbocycles. The van der Waals surface area contributed by atoms with E-state index in [-0.39, 0.29) is 5.91 Å². The molecule has 18 heavy (non-hydrogen) atoms. The van der Waals surface area contributed by atoms with Gasteiger partial charge in [0.05, 0.1) is 0 Å². The molecule has 1 fully saturated rings. The Morgan fingerprint density at radius 2 is 1.94 bits per heavy atom. The van der Waals surface area contributed by atoms with Crippen LogP contribution in [0.2, 0.25) is 0 Å². The van der Waals surface area contributed by atoms with Crippen LogP contribution >= 0.6 is 11.8 Å². The van der Waals surface area contributed by atoms with E-state index >= 15 is 0 Å². The summed E-state index contributed by atoms with van der Waals surface area (Å²) in [4.78, 5) is 11.4. The molecule has 1 aromatic carbocycles. The second kappa shape index (κ2) is 6.81. The number of nitrogens with one attached hydrogen (secondary N) is 2. The number of benzene rings is 1. The highest BCUT2D eigenvalue weighted by Gasteiger charge is 2.12. The monoisotopic (exact) mass is 264 g/mol. The van der Waals surface area contributed by atoms with Gasteiger partial charge in [0, 0.05) is 25.2 Å². The average Bonchev–Trinajstić information content (AvgIpc) is 2.46. The maximum absolute atomic E-state index is 11.4. The zero-order valence-corrected chi connectivity index (χ0v) is 11.6. The quantitative estimate of drug-likeness (QED) is 0.874. The molecule has 2 rings (SSSR count). The normalized spacial score (nSPS) is 16.5. The second-order valence-corrected chi connectivity index (χ2v) is 5.77. The molecule has 1 aromatic rings. The molecule has 0 atom stereocenters. The van der Waals surface area contributed by atoms with Crippen molar-refractivity contribution in [2.45, 2.75) is 25.4 Å². The molecule has 0 radical (unpaired) electrons. The molecule has 2 N–H and O–H groups in total. The van der Waals surface area contributed by atoms with Crippen molar-refractivity contribution in [1.82, 2.24) is 10.6 Å². The molecule has 0 spiro atoms. The van der Waals surface area contributed by atoms with Crippen molar-refractivity contribution in [2.24, 2.45) is 0 Å². The van der Waals surface area contributed by atoms with E-state index in [1.54, 1.807) is 7.05 Å². The van der Waals surface area contributed by atoms with Crippen LogP contribution in [0.3, 0.4) is 0 Å². The summed E-state index contributed by atoms with van der Waals surface area (Å²) >= 11 is 2.04. The molecule has 3 nitrogen and oxygen atoms in total. The molecule has 0 unspecified atom stereocenters. The number of rotatable bonds is 4. The van der Waals surface area contributed by atoms with Gasteiger partial charge in [-0.1, -0.05) is 12.1 Å². The first-order valence-corrected chi connectivity index (χ1v) is 7.57. The van der Waals surface area contributed by atoms with E-state index in [2.05, 4.69) is 10.6 Å². The Kier molecular flexibility index (Phi) is 5.08. The van der Waals surface area contributed by atoms with Gasteiger partial charge in [0.15, 0.2) is 0 Å². The molecule has 0 saturated carbocycles. The molecular weight excluding hydrogens is 244 g/mol. The van der Waals surface area contributed by atoms with Gasteiger partial charge in [0.25, 0.3) is 5.91 Å². The summed E-state index contributed by atoms with van der Waals surface area (Å²) < 4.78 is 0. The van der Waals surface area contributed by atoms with E-state index in [9.17, 15) is 4.79 Å². The van der Waals surface area contributed by atoms with Gasteiger partial charge in [-0.15, -0.1) is 0 Å². The maximum Gasteiger partial charge on any atom is 0.251 e. The van der Waals surface area contributed by atoms with Crippen molar-refractivity contribution in [3.8, 4) is 0 Å². The highest BCUT2D eigenvalue weighted by Crippen LogP contribution is 2.17. The molecule has 0 aromatic heterocycles. The first-order chi connectivity index (χ1) is 8.79. The third-order valence-corrected chi connectivity index (χ3v) is 4.31. The summed E-state index contributed by atoms with van der Waals surface area (Å²) in [5.41, 5.74) is 1.95. The van der Waals surface area contributed by atoms with E-state index in [0.717, 1.165) is 12.1 Å². The van der Waals surface area contributed by atoms with E-state index in [4.69, 9.17) is 0 Å². The summed E-state index contributed by atoms with van der Waals surface area (Å²) in [6.07, 6.45) is 2.53. The Morgan fingerprint density at radius 1 is 1.28 bits per heavy atom. The van der Waals surface area contributed by atoms with E-state index in [1.165, 1.54) is 29.9 Å². The summed E-state index contributed by atoms with van der Waals surface area (Å²) in [6.45, 7) is 0.892. The first-order valence-electron chi connectivity index (χ1n) is 6.42. The molecule has 98 valence electrons. The van der Waals surface area contributed by atoms with Gasteiger partial charge in [-0.25, -0.2) is 0 Å². The van der Waals surface area contributed by atoms with Crippen molar-refractivity contribution >= 4 is 17.7 Å². The van der Waals surface area contributed by atoms with Gasteiger partial charge >= 0.3 is 0 Å². The number of thioether (sulfide) groups is 1. The molecule has 1 heterocycles. The SMILES string of the molecule is CNC(=O)c1ccc(CNC2CCSCC2)cc1. The van der Waals surface area contributed by atoms with Crippen LogP contribution in [0.15, 0.2) is 24.3 Å². The summed E-state index contributed by atoms with van der Waals surface area (Å²) in [6, 6.07) is 8.47. The van der Waals surface area contributed by atoms with Gasteiger partial charge in [0.1, 0.15) is 0 Å². The highest BCUT2D eigenvalue weighted by molar-refractivity contribution is 7.99. The van der Waals surface area contributed by atoms with Crippen LogP contribution < -0.4 is 10.6 Å². The molecule has 1 saturated heterocycles. The Hall–Kier alpha value is -1.00. The van der Waals surface area contributed by atoms with Crippen LogP contribution in [0, 0.1) is 0 Å². The number of carbonyl (C=O) groups is 1. The summed E-state index contributed by atoms with van der Waals surface area (Å²) in [7, 11) is 1.65. The van der Waals surface area contributed by atoms with Crippen LogP contribution in [-0.2, 0) is 6.54 Å². The van der Waals surface area contributed by atoms with Gasteiger partial charge in [0.2, 0.25) is 0 Å². The van der Waals surface area contributed by atoms with Crippen molar-refractivity contribution in [3.05, 3.63) is 35.4 Å². The van der Waals surface area contributed by atoms with Crippen LogP contribution in [0.25, 0.3) is 0 Å². The minimum absolute atomic E-state index is 0.0289. The lowest BCUT2D eigenvalue weighted by Gasteiger charge is -2.22. The molecule has 1 amide bonds. The van der Waals surface area contributed by atoms with Crippen LogP contribution in [0.4, 0.5) is 0 Å². The van der Waals surface area contributed by atoms with Crippen molar-refractivity contribution < 1.29 is 4.79 Å². The lowest BCUT2D eigenvalue weighted by Crippen LogP contribution is -2.32. The predicted octanol–water partition coefficient (Wildman–Crippen LogP) is 2.03. The van der Waals surface area contributed by atoms with Gasteiger partial charge in [-0.05, 0) is 42.0 Å². The summed E-state index contributed by atoms with van der Waals surface area (Å²) in [5, 5.41) is 6.21. The molecular formula is C14H20N2OS. The Bertz CT molecular complexity index is 385.